The van der Waals surface area contributed by atoms with Crippen LogP contribution in [0.15, 0.2) is 60.8 Å². The number of hydrogen-bond acceptors (Lipinski definition) is 3. The highest BCUT2D eigenvalue weighted by molar-refractivity contribution is 6.21. The van der Waals surface area contributed by atoms with Gasteiger partial charge in [-0.15, -0.1) is 0 Å². The molecule has 276 valence electrons. The van der Waals surface area contributed by atoms with Gasteiger partial charge in [0.1, 0.15) is 0 Å². The molecule has 0 saturated heterocycles. The predicted octanol–water partition coefficient (Wildman–Crippen LogP) is 9.49. The normalized spacial score (nSPS) is 14.0. The Balaban J connectivity index is 1.24. The van der Waals surface area contributed by atoms with E-state index in [1.807, 2.05) is 38.1 Å². The summed E-state index contributed by atoms with van der Waals surface area (Å²) >= 11 is 0. The molecule has 3 N–H and O–H groups in total. The SMILES string of the molecule is CCCCCCCCC=CCCCCCCCC(=O)NCCNC(=O)C1=CN(C(=O)c2ccc(F)c(F)c2)CC(C)(C)c2c1[nH]c1ccccc21. The monoisotopic (exact) mass is 702 g/mol. The molecular weight excluding hydrogens is 646 g/mol. The second-order valence-electron chi connectivity index (χ2n) is 14.3. The molecule has 0 bridgehead atoms. The number of unbranched alkanes of at least 4 members (excludes halogenated alkanes) is 11. The average molecular weight is 703 g/mol. The van der Waals surface area contributed by atoms with Crippen LogP contribution in [-0.2, 0) is 15.0 Å². The van der Waals surface area contributed by atoms with E-state index in [4.69, 9.17) is 0 Å². The fourth-order valence-corrected chi connectivity index (χ4v) is 6.83. The lowest BCUT2D eigenvalue weighted by molar-refractivity contribution is -0.121. The number of rotatable bonds is 20. The smallest absolute Gasteiger partial charge is 0.257 e. The maximum absolute atomic E-state index is 14.1. The van der Waals surface area contributed by atoms with Crippen molar-refractivity contribution < 1.29 is 23.2 Å². The number of aromatic nitrogens is 1. The van der Waals surface area contributed by atoms with Gasteiger partial charge in [0.05, 0.1) is 11.3 Å². The summed E-state index contributed by atoms with van der Waals surface area (Å²) in [5, 5.41) is 6.72. The maximum Gasteiger partial charge on any atom is 0.257 e. The molecule has 0 fully saturated rings. The number of halogens is 2. The number of H-pyrrole nitrogens is 1. The number of hydrogen-bond donors (Lipinski definition) is 3. The van der Waals surface area contributed by atoms with Crippen LogP contribution in [0, 0.1) is 11.6 Å². The molecule has 1 aliphatic rings. The van der Waals surface area contributed by atoms with Crippen LogP contribution in [0.1, 0.15) is 132 Å². The van der Waals surface area contributed by atoms with Gasteiger partial charge < -0.3 is 20.5 Å². The molecular formula is C42H56F2N4O3. The molecule has 1 aromatic heterocycles. The Kier molecular flexibility index (Phi) is 15.5. The van der Waals surface area contributed by atoms with Gasteiger partial charge in [0.25, 0.3) is 11.8 Å². The van der Waals surface area contributed by atoms with Crippen LogP contribution >= 0.6 is 0 Å². The summed E-state index contributed by atoms with van der Waals surface area (Å²) in [5.74, 6) is -3.18. The molecule has 3 aromatic rings. The van der Waals surface area contributed by atoms with Gasteiger partial charge in [0, 0.05) is 54.1 Å². The fraction of sp³-hybridized carbons (Fsp3) is 0.500. The van der Waals surface area contributed by atoms with Crippen molar-refractivity contribution in [2.45, 2.75) is 116 Å². The summed E-state index contributed by atoms with van der Waals surface area (Å²) in [6.07, 6.45) is 22.2. The lowest BCUT2D eigenvalue weighted by Gasteiger charge is -2.29. The van der Waals surface area contributed by atoms with E-state index in [2.05, 4.69) is 34.7 Å². The van der Waals surface area contributed by atoms with Crippen molar-refractivity contribution in [1.82, 2.24) is 20.5 Å². The molecule has 51 heavy (non-hydrogen) atoms. The number of allylic oxidation sites excluding steroid dienone is 2. The lowest BCUT2D eigenvalue weighted by Crippen LogP contribution is -2.37. The number of carbonyl (C=O) groups excluding carboxylic acids is 3. The van der Waals surface area contributed by atoms with Gasteiger partial charge in [-0.1, -0.05) is 102 Å². The van der Waals surface area contributed by atoms with E-state index in [9.17, 15) is 23.2 Å². The first kappa shape index (κ1) is 39.5. The first-order valence-electron chi connectivity index (χ1n) is 18.9. The van der Waals surface area contributed by atoms with Crippen molar-refractivity contribution in [3.63, 3.8) is 0 Å². The van der Waals surface area contributed by atoms with Crippen LogP contribution in [0.5, 0.6) is 0 Å². The van der Waals surface area contributed by atoms with E-state index in [-0.39, 0.29) is 36.7 Å². The number of carbonyl (C=O) groups is 3. The number of benzene rings is 2. The molecule has 0 radical (unpaired) electrons. The summed E-state index contributed by atoms with van der Waals surface area (Å²) in [6, 6.07) is 10.8. The Morgan fingerprint density at radius 3 is 2.18 bits per heavy atom. The van der Waals surface area contributed by atoms with Crippen molar-refractivity contribution in [2.75, 3.05) is 19.6 Å². The summed E-state index contributed by atoms with van der Waals surface area (Å²) in [5.41, 5.74) is 1.94. The zero-order chi connectivity index (χ0) is 36.6. The van der Waals surface area contributed by atoms with Crippen LogP contribution < -0.4 is 10.6 Å². The minimum Gasteiger partial charge on any atom is -0.354 e. The predicted molar refractivity (Wildman–Crippen MR) is 202 cm³/mol. The van der Waals surface area contributed by atoms with E-state index in [0.717, 1.165) is 54.3 Å². The second-order valence-corrected chi connectivity index (χ2v) is 14.3. The van der Waals surface area contributed by atoms with Crippen LogP contribution in [0.25, 0.3) is 16.5 Å². The number of nitrogens with zero attached hydrogens (tertiary/aromatic N) is 1. The summed E-state index contributed by atoms with van der Waals surface area (Å²) in [4.78, 5) is 44.5. The first-order chi connectivity index (χ1) is 24.6. The summed E-state index contributed by atoms with van der Waals surface area (Å²) < 4.78 is 27.7. The van der Waals surface area contributed by atoms with Crippen molar-refractivity contribution in [3.8, 4) is 0 Å². The number of para-hydroxylation sites is 1. The molecule has 4 rings (SSSR count). The number of aromatic amines is 1. The zero-order valence-corrected chi connectivity index (χ0v) is 30.7. The summed E-state index contributed by atoms with van der Waals surface area (Å²) in [7, 11) is 0. The molecule has 7 nitrogen and oxygen atoms in total. The van der Waals surface area contributed by atoms with Crippen LogP contribution in [0.2, 0.25) is 0 Å². The van der Waals surface area contributed by atoms with Gasteiger partial charge in [-0.05, 0) is 61.9 Å². The highest BCUT2D eigenvalue weighted by atomic mass is 19.2. The third-order valence-electron chi connectivity index (χ3n) is 9.57. The van der Waals surface area contributed by atoms with Gasteiger partial charge in [0.15, 0.2) is 11.6 Å². The topological polar surface area (TPSA) is 94.3 Å². The molecule has 0 saturated carbocycles. The van der Waals surface area contributed by atoms with Crippen molar-refractivity contribution >= 4 is 34.2 Å². The molecule has 0 unspecified atom stereocenters. The van der Waals surface area contributed by atoms with E-state index < -0.39 is 28.9 Å². The molecule has 1 aliphatic heterocycles. The zero-order valence-electron chi connectivity index (χ0n) is 30.7. The third kappa shape index (κ3) is 11.6. The van der Waals surface area contributed by atoms with Crippen LogP contribution in [0.3, 0.4) is 0 Å². The van der Waals surface area contributed by atoms with Gasteiger partial charge >= 0.3 is 0 Å². The first-order valence-corrected chi connectivity index (χ1v) is 18.9. The Hall–Kier alpha value is -4.27. The molecule has 2 heterocycles. The Morgan fingerprint density at radius 2 is 1.47 bits per heavy atom. The van der Waals surface area contributed by atoms with Crippen LogP contribution in [-0.4, -0.2) is 47.2 Å². The van der Waals surface area contributed by atoms with Gasteiger partial charge in [-0.3, -0.25) is 14.4 Å². The fourth-order valence-electron chi connectivity index (χ4n) is 6.83. The van der Waals surface area contributed by atoms with E-state index in [0.29, 0.717) is 12.1 Å². The Bertz CT molecular complexity index is 1680. The number of fused-ring (bicyclic) bond motifs is 3. The van der Waals surface area contributed by atoms with Crippen molar-refractivity contribution in [2.24, 2.45) is 0 Å². The van der Waals surface area contributed by atoms with E-state index in [1.54, 1.807) is 0 Å². The minimum atomic E-state index is -1.12. The second kappa shape index (κ2) is 19.9. The molecule has 9 heteroatoms. The van der Waals surface area contributed by atoms with Crippen molar-refractivity contribution in [1.29, 1.82) is 0 Å². The molecule has 0 aliphatic carbocycles. The highest BCUT2D eigenvalue weighted by Crippen LogP contribution is 2.40. The number of nitrogens with one attached hydrogen (secondary N) is 3. The van der Waals surface area contributed by atoms with Crippen LogP contribution in [0.4, 0.5) is 8.78 Å². The summed E-state index contributed by atoms with van der Waals surface area (Å²) in [6.45, 7) is 6.88. The van der Waals surface area contributed by atoms with E-state index in [1.165, 1.54) is 75.0 Å². The largest absolute Gasteiger partial charge is 0.354 e. The van der Waals surface area contributed by atoms with Gasteiger partial charge in [0.2, 0.25) is 5.91 Å². The Labute approximate surface area is 302 Å². The van der Waals surface area contributed by atoms with E-state index >= 15 is 0 Å². The Morgan fingerprint density at radius 1 is 0.824 bits per heavy atom. The molecule has 0 spiro atoms. The third-order valence-corrected chi connectivity index (χ3v) is 9.57. The quantitative estimate of drug-likeness (QED) is 0.0809. The standard InChI is InChI=1S/C42H56F2N4O3/c1-4-5-6-7-8-9-10-11-12-13-14-15-16-17-18-23-37(49)45-26-27-46-40(50)33-29-48(41(51)31-24-25-34(43)35(44)28-31)30-42(2,3)38-32-21-19-20-22-36(32)47-39(33)38/h11-12,19-22,24-25,28-29,47H,4-10,13-18,23,26-27,30H2,1-3H3,(H,45,49)(H,46,50). The van der Waals surface area contributed by atoms with Gasteiger partial charge in [-0.2, -0.15) is 0 Å². The number of amides is 3. The van der Waals surface area contributed by atoms with Crippen molar-refractivity contribution in [3.05, 3.63) is 89.3 Å². The average Bonchev–Trinajstić information content (AvgIpc) is 3.46. The molecule has 0 atom stereocenters. The lowest BCUT2D eigenvalue weighted by atomic mass is 9.81. The highest BCUT2D eigenvalue weighted by Gasteiger charge is 2.37. The minimum absolute atomic E-state index is 0.0231. The maximum atomic E-state index is 14.1. The van der Waals surface area contributed by atoms with Gasteiger partial charge in [-0.25, -0.2) is 8.78 Å². The molecule has 3 amide bonds. The molecule has 2 aromatic carbocycles.